The number of amides is 1. The molecule has 1 amide bonds. The van der Waals surface area contributed by atoms with Gasteiger partial charge in [-0.3, -0.25) is 4.79 Å². The Kier molecular flexibility index (Phi) is 7.21. The molecular weight excluding hydrogens is 468 g/mol. The lowest BCUT2D eigenvalue weighted by Crippen LogP contribution is -2.31. The van der Waals surface area contributed by atoms with E-state index in [2.05, 4.69) is 5.10 Å². The topological polar surface area (TPSA) is 86.0 Å². The first-order chi connectivity index (χ1) is 16.5. The van der Waals surface area contributed by atoms with Crippen molar-refractivity contribution >= 4 is 52.0 Å². The summed E-state index contributed by atoms with van der Waals surface area (Å²) in [5, 5.41) is 19.3. The van der Waals surface area contributed by atoms with E-state index in [1.165, 1.54) is 11.1 Å². The highest BCUT2D eigenvalue weighted by molar-refractivity contribution is 7.12. The molecule has 3 heterocycles. The monoisotopic (exact) mass is 490 g/mol. The number of nitriles is 1. The summed E-state index contributed by atoms with van der Waals surface area (Å²) in [5.74, 6) is -1.28. The number of carbonyl (C=O) groups excluding carboxylic acids is 2. The van der Waals surface area contributed by atoms with Crippen LogP contribution in [0.2, 0.25) is 0 Å². The molecule has 9 heteroatoms. The van der Waals surface area contributed by atoms with E-state index in [1.807, 2.05) is 84.4 Å². The van der Waals surface area contributed by atoms with E-state index < -0.39 is 18.5 Å². The van der Waals surface area contributed by atoms with Crippen LogP contribution in [0.3, 0.4) is 0 Å². The van der Waals surface area contributed by atoms with E-state index in [4.69, 9.17) is 4.74 Å². The van der Waals surface area contributed by atoms with Crippen LogP contribution in [0, 0.1) is 11.3 Å². The zero-order valence-corrected chi connectivity index (χ0v) is 20.3. The molecule has 0 saturated heterocycles. The third-order valence-corrected chi connectivity index (χ3v) is 7.12. The van der Waals surface area contributed by atoms with Crippen molar-refractivity contribution in [2.24, 2.45) is 5.10 Å². The fourth-order valence-corrected chi connectivity index (χ4v) is 5.01. The van der Waals surface area contributed by atoms with Crippen molar-refractivity contribution in [1.82, 2.24) is 5.01 Å². The number of hydrazone groups is 1. The Hall–Kier alpha value is -3.74. The van der Waals surface area contributed by atoms with E-state index in [0.717, 1.165) is 21.2 Å². The summed E-state index contributed by atoms with van der Waals surface area (Å²) in [4.78, 5) is 29.5. The van der Waals surface area contributed by atoms with Gasteiger partial charge in [-0.25, -0.2) is 9.80 Å². The highest BCUT2D eigenvalue weighted by Crippen LogP contribution is 2.35. The number of anilines is 1. The minimum absolute atomic E-state index is 0.176. The molecular formula is C25H22N4O3S2. The maximum absolute atomic E-state index is 13.0. The van der Waals surface area contributed by atoms with Crippen molar-refractivity contribution in [2.45, 2.75) is 12.5 Å². The van der Waals surface area contributed by atoms with Gasteiger partial charge in [-0.15, -0.1) is 22.7 Å². The van der Waals surface area contributed by atoms with Crippen molar-refractivity contribution in [1.29, 1.82) is 5.26 Å². The van der Waals surface area contributed by atoms with Crippen molar-refractivity contribution in [3.8, 4) is 6.07 Å². The Morgan fingerprint density at radius 2 is 1.91 bits per heavy atom. The van der Waals surface area contributed by atoms with E-state index in [9.17, 15) is 14.9 Å². The van der Waals surface area contributed by atoms with Crippen LogP contribution in [-0.2, 0) is 14.3 Å². The van der Waals surface area contributed by atoms with Crippen molar-refractivity contribution in [3.05, 3.63) is 80.2 Å². The van der Waals surface area contributed by atoms with Gasteiger partial charge in [-0.2, -0.15) is 10.4 Å². The molecule has 4 rings (SSSR count). The van der Waals surface area contributed by atoms with Crippen LogP contribution in [-0.4, -0.2) is 43.3 Å². The number of nitrogens with zero attached hydrogens (tertiary/aromatic N) is 4. The predicted octanol–water partition coefficient (Wildman–Crippen LogP) is 4.70. The van der Waals surface area contributed by atoms with Crippen molar-refractivity contribution in [3.63, 3.8) is 0 Å². The molecule has 1 aliphatic heterocycles. The van der Waals surface area contributed by atoms with E-state index in [-0.39, 0.29) is 11.6 Å². The van der Waals surface area contributed by atoms with Crippen molar-refractivity contribution < 1.29 is 14.3 Å². The average molecular weight is 491 g/mol. The maximum atomic E-state index is 13.0. The fourth-order valence-electron chi connectivity index (χ4n) is 3.48. The zero-order chi connectivity index (χ0) is 24.1. The lowest BCUT2D eigenvalue weighted by molar-refractivity contribution is -0.149. The van der Waals surface area contributed by atoms with Gasteiger partial charge in [-0.1, -0.05) is 24.3 Å². The largest absolute Gasteiger partial charge is 0.451 e. The molecule has 34 heavy (non-hydrogen) atoms. The van der Waals surface area contributed by atoms with Crippen LogP contribution in [0.4, 0.5) is 5.69 Å². The molecule has 7 nitrogen and oxygen atoms in total. The number of rotatable bonds is 7. The number of carbonyl (C=O) groups is 2. The number of hydrogen-bond donors (Lipinski definition) is 0. The second kappa shape index (κ2) is 10.5. The SMILES string of the molecule is CN(C)c1ccc(/C=C(\C#N)C(=O)OCC(=O)N2N=C(c3cccs3)CC2c2cccs2)cc1. The number of benzene rings is 1. The summed E-state index contributed by atoms with van der Waals surface area (Å²) >= 11 is 3.12. The number of esters is 1. The summed E-state index contributed by atoms with van der Waals surface area (Å²) < 4.78 is 5.20. The molecule has 1 aromatic carbocycles. The third kappa shape index (κ3) is 5.25. The molecule has 0 N–H and O–H groups in total. The summed E-state index contributed by atoms with van der Waals surface area (Å²) in [6.45, 7) is -0.499. The second-order valence-electron chi connectivity index (χ2n) is 7.73. The molecule has 0 saturated carbocycles. The van der Waals surface area contributed by atoms with Crippen LogP contribution in [0.25, 0.3) is 6.08 Å². The molecule has 0 spiro atoms. The molecule has 172 valence electrons. The molecule has 3 aromatic rings. The predicted molar refractivity (Wildman–Crippen MR) is 135 cm³/mol. The molecule has 1 atom stereocenters. The minimum atomic E-state index is -0.845. The summed E-state index contributed by atoms with van der Waals surface area (Å²) in [7, 11) is 3.85. The quantitative estimate of drug-likeness (QED) is 0.272. The molecule has 0 fully saturated rings. The first kappa shape index (κ1) is 23.4. The zero-order valence-electron chi connectivity index (χ0n) is 18.7. The van der Waals surface area contributed by atoms with Crippen LogP contribution in [0.15, 0.2) is 70.0 Å². The Morgan fingerprint density at radius 1 is 1.18 bits per heavy atom. The van der Waals surface area contributed by atoms with E-state index in [1.54, 1.807) is 22.7 Å². The average Bonchev–Trinajstić information content (AvgIpc) is 3.61. The van der Waals surface area contributed by atoms with Gasteiger partial charge in [-0.05, 0) is 46.7 Å². The highest BCUT2D eigenvalue weighted by Gasteiger charge is 2.34. The summed E-state index contributed by atoms with van der Waals surface area (Å²) in [6, 6.07) is 16.8. The number of hydrogen-bond acceptors (Lipinski definition) is 8. The lowest BCUT2D eigenvalue weighted by atomic mass is 10.1. The molecule has 1 aliphatic rings. The minimum Gasteiger partial charge on any atom is -0.451 e. The third-order valence-electron chi connectivity index (χ3n) is 5.23. The van der Waals surface area contributed by atoms with Gasteiger partial charge in [0.1, 0.15) is 11.6 Å². The van der Waals surface area contributed by atoms with Gasteiger partial charge in [0, 0.05) is 31.1 Å². The first-order valence-electron chi connectivity index (χ1n) is 10.5. The number of ether oxygens (including phenoxy) is 1. The van der Waals surface area contributed by atoms with Gasteiger partial charge >= 0.3 is 5.97 Å². The van der Waals surface area contributed by atoms with Gasteiger partial charge in [0.2, 0.25) is 0 Å². The van der Waals surface area contributed by atoms with Crippen molar-refractivity contribution in [2.75, 3.05) is 25.6 Å². The van der Waals surface area contributed by atoms with Gasteiger partial charge < -0.3 is 9.64 Å². The van der Waals surface area contributed by atoms with Crippen LogP contribution in [0.5, 0.6) is 0 Å². The smallest absolute Gasteiger partial charge is 0.349 e. The normalized spacial score (nSPS) is 15.6. The number of thiophene rings is 2. The summed E-state index contributed by atoms with van der Waals surface area (Å²) in [6.07, 6.45) is 2.04. The standard InChI is InChI=1S/C25H22N4O3S2/c1-28(2)19-9-7-17(8-10-19)13-18(15-26)25(31)32-16-24(30)29-21(23-6-4-12-34-23)14-20(27-29)22-5-3-11-33-22/h3-13,21H,14,16H2,1-2H3/b18-13+. The Labute approximate surface area is 205 Å². The van der Waals surface area contributed by atoms with Gasteiger partial charge in [0.15, 0.2) is 6.61 Å². The van der Waals surface area contributed by atoms with E-state index in [0.29, 0.717) is 12.0 Å². The molecule has 2 aromatic heterocycles. The maximum Gasteiger partial charge on any atom is 0.349 e. The Bertz CT molecular complexity index is 1250. The molecule has 0 aliphatic carbocycles. The fraction of sp³-hybridized carbons (Fsp3) is 0.200. The van der Waals surface area contributed by atoms with Gasteiger partial charge in [0.25, 0.3) is 5.91 Å². The second-order valence-corrected chi connectivity index (χ2v) is 9.66. The van der Waals surface area contributed by atoms with Crippen LogP contribution < -0.4 is 4.90 Å². The van der Waals surface area contributed by atoms with Crippen LogP contribution >= 0.6 is 22.7 Å². The summed E-state index contributed by atoms with van der Waals surface area (Å²) in [5.41, 5.74) is 2.33. The van der Waals surface area contributed by atoms with Gasteiger partial charge in [0.05, 0.1) is 16.6 Å². The lowest BCUT2D eigenvalue weighted by Gasteiger charge is -2.20. The van der Waals surface area contributed by atoms with Crippen LogP contribution in [0.1, 0.15) is 27.8 Å². The first-order valence-corrected chi connectivity index (χ1v) is 12.3. The highest BCUT2D eigenvalue weighted by atomic mass is 32.1. The molecule has 0 radical (unpaired) electrons. The molecule has 1 unspecified atom stereocenters. The molecule has 0 bridgehead atoms. The Balaban J connectivity index is 1.45. The van der Waals surface area contributed by atoms with E-state index >= 15 is 0 Å². The Morgan fingerprint density at radius 3 is 2.53 bits per heavy atom.